The molecule has 0 saturated carbocycles. The summed E-state index contributed by atoms with van der Waals surface area (Å²) in [6.45, 7) is 3.98. The highest BCUT2D eigenvalue weighted by molar-refractivity contribution is 5.64. The van der Waals surface area contributed by atoms with Gasteiger partial charge >= 0.3 is 0 Å². The summed E-state index contributed by atoms with van der Waals surface area (Å²) >= 11 is 0. The van der Waals surface area contributed by atoms with Crippen LogP contribution < -0.4 is 0 Å². The number of rotatable bonds is 0. The second-order valence-electron chi connectivity index (χ2n) is 3.00. The second-order valence-corrected chi connectivity index (χ2v) is 3.00. The molecule has 0 saturated heterocycles. The summed E-state index contributed by atoms with van der Waals surface area (Å²) in [6, 6.07) is 0. The number of hydrogen-bond donors (Lipinski definition) is 0. The lowest BCUT2D eigenvalue weighted by molar-refractivity contribution is 0.701. The van der Waals surface area contributed by atoms with Gasteiger partial charge in [-0.3, -0.25) is 0 Å². The molecule has 0 aromatic carbocycles. The van der Waals surface area contributed by atoms with E-state index in [1.807, 2.05) is 0 Å². The Balaban J connectivity index is 2.11. The second kappa shape index (κ2) is 1.73. The highest BCUT2D eigenvalue weighted by Gasteiger charge is 2.26. The molecule has 2 aliphatic rings. The lowest BCUT2D eigenvalue weighted by atomic mass is 10.1. The smallest absolute Gasteiger partial charge is 0.0259 e. The maximum Gasteiger partial charge on any atom is -0.0259 e. The molecule has 0 atom stereocenters. The quantitative estimate of drug-likeness (QED) is 0.461. The van der Waals surface area contributed by atoms with E-state index in [9.17, 15) is 0 Å². The minimum atomic E-state index is 1.33. The molecule has 0 fully saturated rings. The summed E-state index contributed by atoms with van der Waals surface area (Å²) < 4.78 is 0. The summed E-state index contributed by atoms with van der Waals surface area (Å²) in [5, 5.41) is 0. The molecule has 0 radical (unpaired) electrons. The molecule has 2 rings (SSSR count). The first-order chi connectivity index (χ1) is 4.39. The van der Waals surface area contributed by atoms with Gasteiger partial charge in [-0.1, -0.05) is 13.0 Å². The predicted molar refractivity (Wildman–Crippen MR) is 39.3 cm³/mol. The Labute approximate surface area is 56.3 Å². The normalized spacial score (nSPS) is 25.6. The van der Waals surface area contributed by atoms with E-state index < -0.39 is 0 Å². The molecule has 0 N–H and O–H groups in total. The van der Waals surface area contributed by atoms with Gasteiger partial charge in [0.25, 0.3) is 0 Å². The highest BCUT2D eigenvalue weighted by Crippen LogP contribution is 2.45. The Bertz CT molecular complexity index is 166. The van der Waals surface area contributed by atoms with Gasteiger partial charge in [0.2, 0.25) is 0 Å². The van der Waals surface area contributed by atoms with E-state index in [4.69, 9.17) is 0 Å². The first-order valence-corrected chi connectivity index (χ1v) is 3.81. The Morgan fingerprint density at radius 1 is 0.889 bits per heavy atom. The molecule has 0 bridgehead atoms. The predicted octanol–water partition coefficient (Wildman–Crippen LogP) is 2.82. The summed E-state index contributed by atoms with van der Waals surface area (Å²) in [4.78, 5) is 0. The van der Waals surface area contributed by atoms with E-state index in [0.717, 1.165) is 0 Å². The summed E-state index contributed by atoms with van der Waals surface area (Å²) in [5.41, 5.74) is 4.63. The Kier molecular flexibility index (Phi) is 1.01. The zero-order valence-corrected chi connectivity index (χ0v) is 5.74. The van der Waals surface area contributed by atoms with E-state index in [2.05, 4.69) is 6.58 Å². The molecule has 9 heavy (non-hydrogen) atoms. The van der Waals surface area contributed by atoms with Gasteiger partial charge in [0.1, 0.15) is 0 Å². The van der Waals surface area contributed by atoms with E-state index in [1.54, 1.807) is 11.1 Å². The minimum Gasteiger partial charge on any atom is -0.0912 e. The molecule has 0 spiro atoms. The fourth-order valence-electron chi connectivity index (χ4n) is 1.70. The topological polar surface area (TPSA) is 0 Å². The van der Waals surface area contributed by atoms with Crippen molar-refractivity contribution >= 4 is 0 Å². The van der Waals surface area contributed by atoms with Crippen molar-refractivity contribution in [2.24, 2.45) is 0 Å². The standard InChI is InChI=1S/C9H12/c1-7-8-5-3-2-4-6-9(7)8/h1-6H2. The largest absolute Gasteiger partial charge is 0.0912 e. The van der Waals surface area contributed by atoms with E-state index >= 15 is 0 Å². The van der Waals surface area contributed by atoms with Crippen molar-refractivity contribution in [3.05, 3.63) is 23.3 Å². The van der Waals surface area contributed by atoms with Crippen molar-refractivity contribution in [1.82, 2.24) is 0 Å². The van der Waals surface area contributed by atoms with Crippen LogP contribution in [-0.4, -0.2) is 0 Å². The van der Waals surface area contributed by atoms with Gasteiger partial charge in [0.15, 0.2) is 0 Å². The van der Waals surface area contributed by atoms with Crippen molar-refractivity contribution in [2.45, 2.75) is 32.1 Å². The van der Waals surface area contributed by atoms with Gasteiger partial charge in [0, 0.05) is 0 Å². The van der Waals surface area contributed by atoms with Crippen molar-refractivity contribution in [2.75, 3.05) is 0 Å². The van der Waals surface area contributed by atoms with Crippen molar-refractivity contribution in [3.63, 3.8) is 0 Å². The molecule has 0 heteroatoms. The van der Waals surface area contributed by atoms with Crippen LogP contribution in [0.2, 0.25) is 0 Å². The molecule has 0 aliphatic heterocycles. The molecule has 0 nitrogen and oxygen atoms in total. The minimum absolute atomic E-state index is 1.33. The Morgan fingerprint density at radius 2 is 1.44 bits per heavy atom. The molecular formula is C9H12. The zero-order valence-electron chi connectivity index (χ0n) is 5.74. The van der Waals surface area contributed by atoms with Crippen LogP contribution in [0.4, 0.5) is 0 Å². The Hall–Kier alpha value is -0.520. The van der Waals surface area contributed by atoms with Gasteiger partial charge in [-0.15, -0.1) is 0 Å². The van der Waals surface area contributed by atoms with E-state index in [-0.39, 0.29) is 0 Å². The third-order valence-corrected chi connectivity index (χ3v) is 2.38. The van der Waals surface area contributed by atoms with E-state index in [1.165, 1.54) is 37.7 Å². The molecule has 0 unspecified atom stereocenters. The van der Waals surface area contributed by atoms with Crippen LogP contribution >= 0.6 is 0 Å². The average molecular weight is 120 g/mol. The molecule has 2 aliphatic carbocycles. The molecule has 0 aromatic rings. The molecule has 48 valence electrons. The Morgan fingerprint density at radius 3 is 2.00 bits per heavy atom. The number of allylic oxidation sites excluding steroid dienone is 3. The van der Waals surface area contributed by atoms with Crippen LogP contribution in [0, 0.1) is 0 Å². The van der Waals surface area contributed by atoms with Gasteiger partial charge in [-0.05, 0) is 42.4 Å². The van der Waals surface area contributed by atoms with Crippen LogP contribution in [-0.2, 0) is 0 Å². The van der Waals surface area contributed by atoms with Crippen molar-refractivity contribution < 1.29 is 0 Å². The zero-order chi connectivity index (χ0) is 6.27. The maximum absolute atomic E-state index is 3.98. The molecule has 0 heterocycles. The number of hydrogen-bond acceptors (Lipinski definition) is 0. The molecule has 0 amide bonds. The first-order valence-electron chi connectivity index (χ1n) is 3.81. The third kappa shape index (κ3) is 0.735. The summed E-state index contributed by atoms with van der Waals surface area (Å²) in [5.74, 6) is 0. The lowest BCUT2D eigenvalue weighted by Crippen LogP contribution is -1.75. The average Bonchev–Trinajstić information content (AvgIpc) is 2.51. The fraction of sp³-hybridized carbons (Fsp3) is 0.556. The SMILES string of the molecule is C=C1C2=C1CCCCC2. The van der Waals surface area contributed by atoms with Gasteiger partial charge in [-0.2, -0.15) is 0 Å². The monoisotopic (exact) mass is 120 g/mol. The van der Waals surface area contributed by atoms with Crippen LogP contribution in [0.5, 0.6) is 0 Å². The van der Waals surface area contributed by atoms with Gasteiger partial charge < -0.3 is 0 Å². The van der Waals surface area contributed by atoms with Crippen LogP contribution in [0.1, 0.15) is 32.1 Å². The van der Waals surface area contributed by atoms with Crippen LogP contribution in [0.15, 0.2) is 23.3 Å². The van der Waals surface area contributed by atoms with Crippen LogP contribution in [0.25, 0.3) is 0 Å². The lowest BCUT2D eigenvalue weighted by Gasteiger charge is -1.94. The molecular weight excluding hydrogens is 108 g/mol. The third-order valence-electron chi connectivity index (χ3n) is 2.38. The van der Waals surface area contributed by atoms with Crippen LogP contribution in [0.3, 0.4) is 0 Å². The molecule has 0 aromatic heterocycles. The summed E-state index contributed by atoms with van der Waals surface area (Å²) in [7, 11) is 0. The highest BCUT2D eigenvalue weighted by atomic mass is 14.3. The fourth-order valence-corrected chi connectivity index (χ4v) is 1.70. The van der Waals surface area contributed by atoms with Gasteiger partial charge in [0.05, 0.1) is 0 Å². The summed E-state index contributed by atoms with van der Waals surface area (Å²) in [6.07, 6.45) is 6.89. The van der Waals surface area contributed by atoms with Gasteiger partial charge in [-0.25, -0.2) is 0 Å². The maximum atomic E-state index is 3.98. The van der Waals surface area contributed by atoms with Crippen molar-refractivity contribution in [1.29, 1.82) is 0 Å². The van der Waals surface area contributed by atoms with Crippen molar-refractivity contribution in [3.8, 4) is 0 Å². The van der Waals surface area contributed by atoms with E-state index in [0.29, 0.717) is 0 Å². The first kappa shape index (κ1) is 5.28.